The van der Waals surface area contributed by atoms with E-state index >= 15 is 0 Å². The molecule has 0 aromatic carbocycles. The molecule has 0 fully saturated rings. The van der Waals surface area contributed by atoms with Crippen LogP contribution in [-0.4, -0.2) is 36.0 Å². The van der Waals surface area contributed by atoms with Gasteiger partial charge in [-0.05, 0) is 47.0 Å². The van der Waals surface area contributed by atoms with Crippen molar-refractivity contribution in [2.75, 3.05) is 13.2 Å². The van der Waals surface area contributed by atoms with Crippen molar-refractivity contribution >= 4 is 11.6 Å². The summed E-state index contributed by atoms with van der Waals surface area (Å²) in [6, 6.07) is 0. The van der Waals surface area contributed by atoms with E-state index in [2.05, 4.69) is 13.8 Å². The van der Waals surface area contributed by atoms with Crippen molar-refractivity contribution < 1.29 is 19.1 Å². The molecule has 0 radical (unpaired) electrons. The maximum Gasteiger partial charge on any atom is 0.138 e. The number of ketones is 2. The molecule has 1 unspecified atom stereocenters. The van der Waals surface area contributed by atoms with E-state index in [-0.39, 0.29) is 28.2 Å². The summed E-state index contributed by atoms with van der Waals surface area (Å²) in [5, 5.41) is 0. The van der Waals surface area contributed by atoms with Crippen LogP contribution in [0.2, 0.25) is 0 Å². The van der Waals surface area contributed by atoms with E-state index in [0.29, 0.717) is 26.1 Å². The van der Waals surface area contributed by atoms with Gasteiger partial charge in [-0.15, -0.1) is 0 Å². The van der Waals surface area contributed by atoms with E-state index < -0.39 is 0 Å². The number of carbonyl (C=O) groups is 2. The molecule has 0 aliphatic rings. The summed E-state index contributed by atoms with van der Waals surface area (Å²) in [6.07, 6.45) is 3.37. The van der Waals surface area contributed by atoms with E-state index in [9.17, 15) is 9.59 Å². The van der Waals surface area contributed by atoms with Gasteiger partial charge in [0.05, 0.1) is 24.4 Å². The molecule has 1 atom stereocenters. The second kappa shape index (κ2) is 9.67. The lowest BCUT2D eigenvalue weighted by atomic mass is 9.85. The van der Waals surface area contributed by atoms with Crippen LogP contribution < -0.4 is 0 Å². The number of ether oxygens (including phenoxy) is 2. The van der Waals surface area contributed by atoms with Crippen molar-refractivity contribution in [1.82, 2.24) is 0 Å². The van der Waals surface area contributed by atoms with Crippen LogP contribution >= 0.6 is 0 Å². The number of hydrogen-bond acceptors (Lipinski definition) is 4. The summed E-state index contributed by atoms with van der Waals surface area (Å²) in [5.74, 6) is 0.419. The highest BCUT2D eigenvalue weighted by atomic mass is 16.5. The molecule has 0 aliphatic carbocycles. The Balaban J connectivity index is 4.31. The van der Waals surface area contributed by atoms with Crippen molar-refractivity contribution in [3.8, 4) is 0 Å². The van der Waals surface area contributed by atoms with E-state index in [1.165, 1.54) is 0 Å². The molecule has 0 saturated carbocycles. The van der Waals surface area contributed by atoms with Gasteiger partial charge in [-0.25, -0.2) is 0 Å². The molecule has 0 N–H and O–H groups in total. The third-order valence-electron chi connectivity index (χ3n) is 4.57. The Kier molecular flexibility index (Phi) is 9.37. The number of rotatable bonds is 12. The fourth-order valence-electron chi connectivity index (χ4n) is 2.19. The molecule has 142 valence electrons. The van der Waals surface area contributed by atoms with E-state index in [4.69, 9.17) is 9.47 Å². The van der Waals surface area contributed by atoms with Gasteiger partial charge in [0.2, 0.25) is 0 Å². The standard InChI is InChI=1S/C20H38O4/c1-9-20(8,12-10-17(22)18(3,4)5)24-15-13-19(6,7)23-14-11-16(2)21/h9-15H2,1-8H3. The molecule has 24 heavy (non-hydrogen) atoms. The second-order valence-electron chi connectivity index (χ2n) is 8.64. The zero-order chi connectivity index (χ0) is 19.0. The van der Waals surface area contributed by atoms with Crippen molar-refractivity contribution in [1.29, 1.82) is 0 Å². The molecule has 0 aromatic rings. The quantitative estimate of drug-likeness (QED) is 0.514. The predicted octanol–water partition coefficient (Wildman–Crippen LogP) is 4.73. The first-order valence-electron chi connectivity index (χ1n) is 9.12. The zero-order valence-corrected chi connectivity index (χ0v) is 17.1. The minimum absolute atomic E-state index is 0.143. The van der Waals surface area contributed by atoms with E-state index in [1.54, 1.807) is 6.92 Å². The maximum absolute atomic E-state index is 12.1. The lowest BCUT2D eigenvalue weighted by Crippen LogP contribution is -2.34. The van der Waals surface area contributed by atoms with Gasteiger partial charge in [-0.3, -0.25) is 9.59 Å². The minimum Gasteiger partial charge on any atom is -0.375 e. The topological polar surface area (TPSA) is 52.6 Å². The zero-order valence-electron chi connectivity index (χ0n) is 17.1. The number of carbonyl (C=O) groups excluding carboxylic acids is 2. The minimum atomic E-state index is -0.314. The normalized spacial score (nSPS) is 15.2. The van der Waals surface area contributed by atoms with Gasteiger partial charge in [0.15, 0.2) is 0 Å². The molecule has 0 saturated heterocycles. The summed E-state index contributed by atoms with van der Waals surface area (Å²) < 4.78 is 11.9. The van der Waals surface area contributed by atoms with Crippen LogP contribution in [0.3, 0.4) is 0 Å². The van der Waals surface area contributed by atoms with Crippen LogP contribution in [-0.2, 0) is 19.1 Å². The molecule has 0 rings (SSSR count). The fourth-order valence-corrected chi connectivity index (χ4v) is 2.19. The average molecular weight is 343 g/mol. The van der Waals surface area contributed by atoms with Gasteiger partial charge >= 0.3 is 0 Å². The SMILES string of the molecule is CCC(C)(CCC(=O)C(C)(C)C)OCCC(C)(C)OCCC(C)=O. The highest BCUT2D eigenvalue weighted by molar-refractivity contribution is 5.83. The third kappa shape index (κ3) is 10.2. The largest absolute Gasteiger partial charge is 0.375 e. The lowest BCUT2D eigenvalue weighted by molar-refractivity contribution is -0.129. The van der Waals surface area contributed by atoms with Crippen molar-refractivity contribution in [3.63, 3.8) is 0 Å². The molecular weight excluding hydrogens is 304 g/mol. The Bertz CT molecular complexity index is 406. The third-order valence-corrected chi connectivity index (χ3v) is 4.57. The molecule has 0 heterocycles. The van der Waals surface area contributed by atoms with Crippen LogP contribution in [0.25, 0.3) is 0 Å². The van der Waals surface area contributed by atoms with Crippen LogP contribution in [0, 0.1) is 5.41 Å². The van der Waals surface area contributed by atoms with Crippen molar-refractivity contribution in [2.24, 2.45) is 5.41 Å². The Morgan fingerprint density at radius 2 is 1.42 bits per heavy atom. The summed E-state index contributed by atoms with van der Waals surface area (Å²) >= 11 is 0. The van der Waals surface area contributed by atoms with Gasteiger partial charge in [-0.1, -0.05) is 27.7 Å². The van der Waals surface area contributed by atoms with Gasteiger partial charge in [0.25, 0.3) is 0 Å². The fraction of sp³-hybridized carbons (Fsp3) is 0.900. The van der Waals surface area contributed by atoms with Crippen LogP contribution in [0.5, 0.6) is 0 Å². The molecule has 0 aromatic heterocycles. The van der Waals surface area contributed by atoms with Gasteiger partial charge < -0.3 is 9.47 Å². The number of hydrogen-bond donors (Lipinski definition) is 0. The van der Waals surface area contributed by atoms with Crippen LogP contribution in [0.4, 0.5) is 0 Å². The van der Waals surface area contributed by atoms with Crippen molar-refractivity contribution in [3.05, 3.63) is 0 Å². The summed E-state index contributed by atoms with van der Waals surface area (Å²) in [5.41, 5.74) is -0.886. The maximum atomic E-state index is 12.1. The highest BCUT2D eigenvalue weighted by Crippen LogP contribution is 2.27. The summed E-state index contributed by atoms with van der Waals surface area (Å²) in [4.78, 5) is 23.1. The molecule has 4 heteroatoms. The number of Topliss-reactive ketones (excluding diaryl/α,β-unsaturated/α-hetero) is 2. The van der Waals surface area contributed by atoms with Gasteiger partial charge in [-0.2, -0.15) is 0 Å². The van der Waals surface area contributed by atoms with Gasteiger partial charge in [0.1, 0.15) is 11.6 Å². The first-order chi connectivity index (χ1) is 10.8. The Morgan fingerprint density at radius 3 is 1.88 bits per heavy atom. The average Bonchev–Trinajstić information content (AvgIpc) is 2.42. The molecule has 4 nitrogen and oxygen atoms in total. The second-order valence-corrected chi connectivity index (χ2v) is 8.64. The Morgan fingerprint density at radius 1 is 0.833 bits per heavy atom. The Hall–Kier alpha value is -0.740. The summed E-state index contributed by atoms with van der Waals surface area (Å²) in [7, 11) is 0. The molecule has 0 bridgehead atoms. The van der Waals surface area contributed by atoms with E-state index in [0.717, 1.165) is 19.3 Å². The smallest absolute Gasteiger partial charge is 0.138 e. The van der Waals surface area contributed by atoms with Crippen molar-refractivity contribution in [2.45, 2.75) is 98.7 Å². The van der Waals surface area contributed by atoms with Gasteiger partial charge in [0, 0.05) is 18.3 Å². The molecular formula is C20H38O4. The monoisotopic (exact) mass is 342 g/mol. The van der Waals surface area contributed by atoms with Crippen LogP contribution in [0.15, 0.2) is 0 Å². The predicted molar refractivity (Wildman–Crippen MR) is 98.3 cm³/mol. The lowest BCUT2D eigenvalue weighted by Gasteiger charge is -2.32. The first kappa shape index (κ1) is 23.3. The molecule has 0 aliphatic heterocycles. The highest BCUT2D eigenvalue weighted by Gasteiger charge is 2.28. The molecule has 0 amide bonds. The van der Waals surface area contributed by atoms with E-state index in [1.807, 2.05) is 34.6 Å². The first-order valence-corrected chi connectivity index (χ1v) is 9.12. The summed E-state index contributed by atoms with van der Waals surface area (Å²) in [6.45, 7) is 16.7. The molecule has 0 spiro atoms. The van der Waals surface area contributed by atoms with Crippen LogP contribution in [0.1, 0.15) is 87.5 Å². The Labute approximate surface area is 148 Å².